The molecule has 0 saturated carbocycles. The summed E-state index contributed by atoms with van der Waals surface area (Å²) in [5.41, 5.74) is 1.50. The quantitative estimate of drug-likeness (QED) is 0.845. The van der Waals surface area contributed by atoms with Crippen molar-refractivity contribution < 1.29 is 14.3 Å². The third kappa shape index (κ3) is 3.82. The summed E-state index contributed by atoms with van der Waals surface area (Å²) in [5.74, 6) is -0.0771. The van der Waals surface area contributed by atoms with Crippen LogP contribution in [0.2, 0.25) is 0 Å². The summed E-state index contributed by atoms with van der Waals surface area (Å²) in [4.78, 5) is 33.5. The lowest BCUT2D eigenvalue weighted by Gasteiger charge is -2.33. The first-order valence-corrected chi connectivity index (χ1v) is 9.15. The van der Waals surface area contributed by atoms with Gasteiger partial charge in [-0.05, 0) is 19.4 Å². The summed E-state index contributed by atoms with van der Waals surface area (Å²) in [7, 11) is 0. The molecule has 1 aliphatic rings. The van der Waals surface area contributed by atoms with E-state index in [1.807, 2.05) is 37.3 Å². The molecule has 6 nitrogen and oxygen atoms in total. The average molecular weight is 359 g/mol. The molecule has 0 unspecified atom stereocenters. The lowest BCUT2D eigenvalue weighted by Crippen LogP contribution is -2.50. The lowest BCUT2D eigenvalue weighted by atomic mass is 10.1. The van der Waals surface area contributed by atoms with Crippen molar-refractivity contribution >= 4 is 23.3 Å². The summed E-state index contributed by atoms with van der Waals surface area (Å²) < 4.78 is 5.01. The van der Waals surface area contributed by atoms with E-state index < -0.39 is 0 Å². The number of rotatable bonds is 3. The Kier molecular flexibility index (Phi) is 5.33. The van der Waals surface area contributed by atoms with Crippen molar-refractivity contribution in [2.24, 2.45) is 0 Å². The normalized spacial score (nSPS) is 14.5. The van der Waals surface area contributed by atoms with Gasteiger partial charge in [-0.1, -0.05) is 30.3 Å². The molecule has 1 aliphatic heterocycles. The molecule has 7 heteroatoms. The van der Waals surface area contributed by atoms with Gasteiger partial charge in [0, 0.05) is 26.2 Å². The van der Waals surface area contributed by atoms with E-state index in [-0.39, 0.29) is 12.0 Å². The number of thiazole rings is 1. The van der Waals surface area contributed by atoms with E-state index in [4.69, 9.17) is 4.74 Å². The molecule has 2 heterocycles. The minimum absolute atomic E-state index is 0.0771. The molecule has 1 aromatic heterocycles. The number of amides is 2. The highest BCUT2D eigenvalue weighted by molar-refractivity contribution is 7.15. The van der Waals surface area contributed by atoms with Crippen LogP contribution >= 0.6 is 11.3 Å². The maximum absolute atomic E-state index is 12.9. The number of piperazine rings is 1. The van der Waals surface area contributed by atoms with Crippen LogP contribution in [0, 0.1) is 6.92 Å². The number of nitrogens with zero attached hydrogens (tertiary/aromatic N) is 3. The molecule has 2 amide bonds. The van der Waals surface area contributed by atoms with Gasteiger partial charge in [-0.3, -0.25) is 4.79 Å². The van der Waals surface area contributed by atoms with Gasteiger partial charge in [0.1, 0.15) is 5.69 Å². The van der Waals surface area contributed by atoms with Gasteiger partial charge in [0.2, 0.25) is 0 Å². The fourth-order valence-electron chi connectivity index (χ4n) is 2.81. The first-order chi connectivity index (χ1) is 12.1. The Hall–Kier alpha value is -2.41. The van der Waals surface area contributed by atoms with Gasteiger partial charge in [0.15, 0.2) is 0 Å². The zero-order chi connectivity index (χ0) is 17.8. The predicted molar refractivity (Wildman–Crippen MR) is 96.8 cm³/mol. The van der Waals surface area contributed by atoms with Crippen molar-refractivity contribution in [3.05, 3.63) is 41.0 Å². The number of hydrogen-bond donors (Lipinski definition) is 0. The number of benzene rings is 1. The zero-order valence-corrected chi connectivity index (χ0v) is 15.2. The Morgan fingerprint density at radius 2 is 1.76 bits per heavy atom. The molecule has 0 spiro atoms. The number of aromatic nitrogens is 1. The Morgan fingerprint density at radius 3 is 2.40 bits per heavy atom. The van der Waals surface area contributed by atoms with E-state index in [0.29, 0.717) is 38.5 Å². The van der Waals surface area contributed by atoms with E-state index in [0.717, 1.165) is 15.4 Å². The molecule has 1 aromatic carbocycles. The topological polar surface area (TPSA) is 62.7 Å². The SMILES string of the molecule is CCOC(=O)N1CCN(C(=O)c2nc(C)sc2-c2ccccc2)CC1. The van der Waals surface area contributed by atoms with E-state index in [1.54, 1.807) is 16.7 Å². The van der Waals surface area contributed by atoms with Crippen molar-refractivity contribution in [1.29, 1.82) is 0 Å². The van der Waals surface area contributed by atoms with Crippen LogP contribution in [0.3, 0.4) is 0 Å². The van der Waals surface area contributed by atoms with Gasteiger partial charge in [-0.2, -0.15) is 0 Å². The van der Waals surface area contributed by atoms with E-state index in [1.165, 1.54) is 11.3 Å². The van der Waals surface area contributed by atoms with E-state index in [2.05, 4.69) is 4.98 Å². The number of aryl methyl sites for hydroxylation is 1. The highest BCUT2D eigenvalue weighted by Crippen LogP contribution is 2.31. The molecule has 0 atom stereocenters. The summed E-state index contributed by atoms with van der Waals surface area (Å²) in [6.07, 6.45) is -0.316. The summed E-state index contributed by atoms with van der Waals surface area (Å²) in [6.45, 7) is 5.99. The standard InChI is InChI=1S/C18H21N3O3S/c1-3-24-18(23)21-11-9-20(10-12-21)17(22)15-16(25-13(2)19-15)14-7-5-4-6-8-14/h4-8H,3,9-12H2,1-2H3. The molecule has 0 N–H and O–H groups in total. The third-order valence-electron chi connectivity index (χ3n) is 4.07. The van der Waals surface area contributed by atoms with Gasteiger partial charge < -0.3 is 14.5 Å². The maximum atomic E-state index is 12.9. The average Bonchev–Trinajstić information content (AvgIpc) is 3.04. The predicted octanol–water partition coefficient (Wildman–Crippen LogP) is 3.03. The fourth-order valence-corrected chi connectivity index (χ4v) is 3.73. The largest absolute Gasteiger partial charge is 0.450 e. The minimum atomic E-state index is -0.316. The summed E-state index contributed by atoms with van der Waals surface area (Å²) >= 11 is 1.53. The molecular weight excluding hydrogens is 338 g/mol. The molecule has 132 valence electrons. The van der Waals surface area contributed by atoms with Crippen LogP contribution in [0.1, 0.15) is 22.4 Å². The monoisotopic (exact) mass is 359 g/mol. The smallest absolute Gasteiger partial charge is 0.409 e. The Bertz CT molecular complexity index is 752. The second-order valence-corrected chi connectivity index (χ2v) is 6.96. The van der Waals surface area contributed by atoms with Crippen LogP contribution in [0.4, 0.5) is 4.79 Å². The second kappa shape index (κ2) is 7.65. The van der Waals surface area contributed by atoms with Gasteiger partial charge in [-0.15, -0.1) is 11.3 Å². The van der Waals surface area contributed by atoms with Crippen molar-refractivity contribution in [3.8, 4) is 10.4 Å². The lowest BCUT2D eigenvalue weighted by molar-refractivity contribution is 0.0567. The number of carbonyl (C=O) groups is 2. The van der Waals surface area contributed by atoms with Crippen molar-refractivity contribution in [1.82, 2.24) is 14.8 Å². The molecule has 2 aromatic rings. The highest BCUT2D eigenvalue weighted by Gasteiger charge is 2.28. The second-order valence-electron chi connectivity index (χ2n) is 5.75. The van der Waals surface area contributed by atoms with Crippen molar-refractivity contribution in [3.63, 3.8) is 0 Å². The van der Waals surface area contributed by atoms with Crippen LogP contribution in [-0.2, 0) is 4.74 Å². The molecule has 0 aliphatic carbocycles. The van der Waals surface area contributed by atoms with Crippen molar-refractivity contribution in [2.75, 3.05) is 32.8 Å². The third-order valence-corrected chi connectivity index (χ3v) is 5.09. The molecule has 25 heavy (non-hydrogen) atoms. The first-order valence-electron chi connectivity index (χ1n) is 8.34. The highest BCUT2D eigenvalue weighted by atomic mass is 32.1. The number of carbonyl (C=O) groups excluding carboxylic acids is 2. The Balaban J connectivity index is 1.74. The van der Waals surface area contributed by atoms with E-state index in [9.17, 15) is 9.59 Å². The van der Waals surface area contributed by atoms with Gasteiger partial charge >= 0.3 is 6.09 Å². The van der Waals surface area contributed by atoms with E-state index >= 15 is 0 Å². The van der Waals surface area contributed by atoms with Crippen LogP contribution in [-0.4, -0.2) is 59.6 Å². The Morgan fingerprint density at radius 1 is 1.12 bits per heavy atom. The molecule has 1 fully saturated rings. The molecular formula is C18H21N3O3S. The number of hydrogen-bond acceptors (Lipinski definition) is 5. The van der Waals surface area contributed by atoms with Gasteiger partial charge in [-0.25, -0.2) is 9.78 Å². The Labute approximate surface area is 151 Å². The van der Waals surface area contributed by atoms with Crippen LogP contribution in [0.5, 0.6) is 0 Å². The molecule has 1 saturated heterocycles. The number of ether oxygens (including phenoxy) is 1. The fraction of sp³-hybridized carbons (Fsp3) is 0.389. The summed E-state index contributed by atoms with van der Waals surface area (Å²) in [6, 6.07) is 9.84. The minimum Gasteiger partial charge on any atom is -0.450 e. The van der Waals surface area contributed by atoms with Gasteiger partial charge in [0.05, 0.1) is 16.5 Å². The molecule has 0 bridgehead atoms. The van der Waals surface area contributed by atoms with Crippen LogP contribution in [0.15, 0.2) is 30.3 Å². The van der Waals surface area contributed by atoms with Crippen LogP contribution in [0.25, 0.3) is 10.4 Å². The van der Waals surface area contributed by atoms with Crippen LogP contribution < -0.4 is 0 Å². The molecule has 0 radical (unpaired) electrons. The molecule has 3 rings (SSSR count). The van der Waals surface area contributed by atoms with Gasteiger partial charge in [0.25, 0.3) is 5.91 Å². The maximum Gasteiger partial charge on any atom is 0.409 e. The summed E-state index contributed by atoms with van der Waals surface area (Å²) in [5, 5.41) is 0.868. The van der Waals surface area contributed by atoms with Crippen molar-refractivity contribution in [2.45, 2.75) is 13.8 Å². The first kappa shape index (κ1) is 17.4. The zero-order valence-electron chi connectivity index (χ0n) is 14.4.